The highest BCUT2D eigenvalue weighted by molar-refractivity contribution is 5.84. The van der Waals surface area contributed by atoms with E-state index >= 15 is 0 Å². The minimum Gasteiger partial charge on any atom is -0.387 e. The highest BCUT2D eigenvalue weighted by atomic mass is 14.7. The van der Waals surface area contributed by atoms with E-state index in [1.807, 2.05) is 37.3 Å². The van der Waals surface area contributed by atoms with E-state index in [4.69, 9.17) is 11.1 Å². The van der Waals surface area contributed by atoms with Crippen molar-refractivity contribution in [3.63, 3.8) is 0 Å². The van der Waals surface area contributed by atoms with Gasteiger partial charge in [0.05, 0.1) is 5.84 Å². The third kappa shape index (κ3) is 1.80. The third-order valence-corrected chi connectivity index (χ3v) is 1.77. The van der Waals surface area contributed by atoms with Gasteiger partial charge in [-0.3, -0.25) is 5.41 Å². The number of hydrogen-bond acceptors (Lipinski definition) is 1. The van der Waals surface area contributed by atoms with Crippen LogP contribution in [0.2, 0.25) is 0 Å². The van der Waals surface area contributed by atoms with E-state index < -0.39 is 0 Å². The lowest BCUT2D eigenvalue weighted by atomic mass is 10.0. The van der Waals surface area contributed by atoms with Crippen LogP contribution in [-0.2, 0) is 0 Å². The first-order valence-corrected chi connectivity index (χ1v) is 3.60. The Labute approximate surface area is 66.6 Å². The van der Waals surface area contributed by atoms with Crippen molar-refractivity contribution in [1.29, 1.82) is 5.41 Å². The number of amidine groups is 1. The largest absolute Gasteiger partial charge is 0.387 e. The summed E-state index contributed by atoms with van der Waals surface area (Å²) in [5.41, 5.74) is 6.45. The maximum Gasteiger partial charge on any atom is 0.0979 e. The topological polar surface area (TPSA) is 49.9 Å². The molecule has 1 aromatic carbocycles. The molecule has 0 radical (unpaired) electrons. The number of benzene rings is 1. The van der Waals surface area contributed by atoms with E-state index in [1.165, 1.54) is 0 Å². The summed E-state index contributed by atoms with van der Waals surface area (Å²) in [6.07, 6.45) is 0. The van der Waals surface area contributed by atoms with Gasteiger partial charge in [0.15, 0.2) is 0 Å². The Morgan fingerprint density at radius 1 is 1.36 bits per heavy atom. The molecular formula is C9H12N2. The second-order valence-corrected chi connectivity index (χ2v) is 2.59. The fraction of sp³-hybridized carbons (Fsp3) is 0.222. The Bertz CT molecular complexity index is 241. The second-order valence-electron chi connectivity index (χ2n) is 2.59. The summed E-state index contributed by atoms with van der Waals surface area (Å²) in [6, 6.07) is 9.82. The molecule has 2 heteroatoms. The minimum absolute atomic E-state index is 0.0381. The summed E-state index contributed by atoms with van der Waals surface area (Å²) in [7, 11) is 0. The van der Waals surface area contributed by atoms with Crippen molar-refractivity contribution in [2.75, 3.05) is 0 Å². The predicted octanol–water partition coefficient (Wildman–Crippen LogP) is 1.73. The molecule has 0 fully saturated rings. The summed E-state index contributed by atoms with van der Waals surface area (Å²) in [5.74, 6) is 0.257. The Morgan fingerprint density at radius 2 is 1.91 bits per heavy atom. The Kier molecular flexibility index (Phi) is 2.26. The van der Waals surface area contributed by atoms with Crippen molar-refractivity contribution >= 4 is 5.84 Å². The van der Waals surface area contributed by atoms with E-state index in [0.717, 1.165) is 5.56 Å². The van der Waals surface area contributed by atoms with Crippen LogP contribution >= 0.6 is 0 Å². The quantitative estimate of drug-likeness (QED) is 0.487. The summed E-state index contributed by atoms with van der Waals surface area (Å²) in [4.78, 5) is 0. The molecule has 3 N–H and O–H groups in total. The SMILES string of the molecule is C[C@@H](C(=N)N)c1ccccc1. The fourth-order valence-electron chi connectivity index (χ4n) is 0.921. The molecule has 1 atom stereocenters. The molecule has 0 aliphatic heterocycles. The molecule has 0 saturated carbocycles. The minimum atomic E-state index is 0.0381. The van der Waals surface area contributed by atoms with Gasteiger partial charge >= 0.3 is 0 Å². The molecule has 0 spiro atoms. The molecule has 0 bridgehead atoms. The highest BCUT2D eigenvalue weighted by Gasteiger charge is 2.05. The third-order valence-electron chi connectivity index (χ3n) is 1.77. The van der Waals surface area contributed by atoms with Crippen molar-refractivity contribution in [3.8, 4) is 0 Å². The number of rotatable bonds is 2. The maximum atomic E-state index is 7.22. The van der Waals surface area contributed by atoms with Gasteiger partial charge in [-0.05, 0) is 5.56 Å². The van der Waals surface area contributed by atoms with Crippen molar-refractivity contribution in [2.24, 2.45) is 5.73 Å². The molecule has 0 unspecified atom stereocenters. The number of hydrogen-bond donors (Lipinski definition) is 2. The van der Waals surface area contributed by atoms with Crippen LogP contribution in [0.3, 0.4) is 0 Å². The molecule has 0 saturated heterocycles. The molecular weight excluding hydrogens is 136 g/mol. The van der Waals surface area contributed by atoms with Gasteiger partial charge < -0.3 is 5.73 Å². The zero-order valence-electron chi connectivity index (χ0n) is 6.54. The Morgan fingerprint density at radius 3 is 2.36 bits per heavy atom. The molecule has 1 rings (SSSR count). The van der Waals surface area contributed by atoms with Gasteiger partial charge in [0, 0.05) is 5.92 Å². The van der Waals surface area contributed by atoms with Crippen LogP contribution in [0.5, 0.6) is 0 Å². The molecule has 0 heterocycles. The van der Waals surface area contributed by atoms with E-state index in [-0.39, 0.29) is 11.8 Å². The maximum absolute atomic E-state index is 7.22. The monoisotopic (exact) mass is 148 g/mol. The lowest BCUT2D eigenvalue weighted by molar-refractivity contribution is 0.992. The van der Waals surface area contributed by atoms with Crippen LogP contribution in [0.4, 0.5) is 0 Å². The average molecular weight is 148 g/mol. The lowest BCUT2D eigenvalue weighted by Crippen LogP contribution is -2.17. The highest BCUT2D eigenvalue weighted by Crippen LogP contribution is 2.12. The van der Waals surface area contributed by atoms with Gasteiger partial charge in [0.2, 0.25) is 0 Å². The average Bonchev–Trinajstić information content (AvgIpc) is 2.05. The van der Waals surface area contributed by atoms with E-state index in [1.54, 1.807) is 0 Å². The summed E-state index contributed by atoms with van der Waals surface area (Å²) in [5, 5.41) is 7.22. The van der Waals surface area contributed by atoms with Crippen LogP contribution < -0.4 is 5.73 Å². The zero-order chi connectivity index (χ0) is 8.27. The summed E-state index contributed by atoms with van der Waals surface area (Å²) >= 11 is 0. The molecule has 11 heavy (non-hydrogen) atoms. The van der Waals surface area contributed by atoms with E-state index in [0.29, 0.717) is 0 Å². The molecule has 0 aliphatic rings. The van der Waals surface area contributed by atoms with Gasteiger partial charge in [-0.15, -0.1) is 0 Å². The van der Waals surface area contributed by atoms with Crippen LogP contribution in [0.15, 0.2) is 30.3 Å². The molecule has 58 valence electrons. The Balaban J connectivity index is 2.85. The van der Waals surface area contributed by atoms with Crippen LogP contribution in [0, 0.1) is 5.41 Å². The molecule has 1 aromatic rings. The second kappa shape index (κ2) is 3.19. The predicted molar refractivity (Wildman–Crippen MR) is 46.8 cm³/mol. The van der Waals surface area contributed by atoms with E-state index in [9.17, 15) is 0 Å². The van der Waals surface area contributed by atoms with Gasteiger partial charge in [0.1, 0.15) is 0 Å². The van der Waals surface area contributed by atoms with Crippen molar-refractivity contribution in [3.05, 3.63) is 35.9 Å². The molecule has 0 amide bonds. The van der Waals surface area contributed by atoms with Crippen molar-refractivity contribution in [2.45, 2.75) is 12.8 Å². The van der Waals surface area contributed by atoms with Gasteiger partial charge in [-0.2, -0.15) is 0 Å². The fourth-order valence-corrected chi connectivity index (χ4v) is 0.921. The zero-order valence-corrected chi connectivity index (χ0v) is 6.54. The van der Waals surface area contributed by atoms with Gasteiger partial charge in [-0.25, -0.2) is 0 Å². The summed E-state index contributed by atoms with van der Waals surface area (Å²) < 4.78 is 0. The Hall–Kier alpha value is -1.31. The number of nitrogens with one attached hydrogen (secondary N) is 1. The van der Waals surface area contributed by atoms with Crippen LogP contribution in [-0.4, -0.2) is 5.84 Å². The smallest absolute Gasteiger partial charge is 0.0979 e. The lowest BCUT2D eigenvalue weighted by Gasteiger charge is -2.08. The van der Waals surface area contributed by atoms with E-state index in [2.05, 4.69) is 0 Å². The van der Waals surface area contributed by atoms with Crippen molar-refractivity contribution in [1.82, 2.24) is 0 Å². The first-order valence-electron chi connectivity index (χ1n) is 3.60. The number of nitrogens with two attached hydrogens (primary N) is 1. The van der Waals surface area contributed by atoms with Crippen LogP contribution in [0.25, 0.3) is 0 Å². The van der Waals surface area contributed by atoms with Gasteiger partial charge in [-0.1, -0.05) is 37.3 Å². The van der Waals surface area contributed by atoms with Gasteiger partial charge in [0.25, 0.3) is 0 Å². The molecule has 2 nitrogen and oxygen atoms in total. The van der Waals surface area contributed by atoms with Crippen molar-refractivity contribution < 1.29 is 0 Å². The first-order chi connectivity index (χ1) is 5.22. The standard InChI is InChI=1S/C9H12N2/c1-7(9(10)11)8-5-3-2-4-6-8/h2-7H,1H3,(H3,10,11)/t7-/m1/s1. The summed E-state index contributed by atoms with van der Waals surface area (Å²) in [6.45, 7) is 1.93. The first kappa shape index (κ1) is 7.79. The van der Waals surface area contributed by atoms with Crippen LogP contribution in [0.1, 0.15) is 18.4 Å². The molecule has 0 aliphatic carbocycles. The normalized spacial score (nSPS) is 12.5. The molecule has 0 aromatic heterocycles.